The van der Waals surface area contributed by atoms with Gasteiger partial charge in [0, 0.05) is 35.8 Å². The number of halogens is 1. The number of fused-ring (bicyclic) bond motifs is 1. The number of amides is 1. The van der Waals surface area contributed by atoms with E-state index in [2.05, 4.69) is 17.1 Å². The van der Waals surface area contributed by atoms with E-state index in [1.165, 1.54) is 31.4 Å². The summed E-state index contributed by atoms with van der Waals surface area (Å²) in [5, 5.41) is 3.91. The molecule has 1 aromatic heterocycles. The maximum Gasteiger partial charge on any atom is 0.252 e. The third kappa shape index (κ3) is 4.93. The maximum absolute atomic E-state index is 13.4. The predicted octanol–water partition coefficient (Wildman–Crippen LogP) is 5.34. The largest absolute Gasteiger partial charge is 0.352 e. The van der Waals surface area contributed by atoms with Crippen LogP contribution in [0.2, 0.25) is 0 Å². The lowest BCUT2D eigenvalue weighted by molar-refractivity contribution is 0.0950. The summed E-state index contributed by atoms with van der Waals surface area (Å²) in [4.78, 5) is 20.2. The summed E-state index contributed by atoms with van der Waals surface area (Å²) in [7, 11) is 0. The van der Waals surface area contributed by atoms with Crippen LogP contribution in [0.1, 0.15) is 48.7 Å². The number of aromatic nitrogens is 1. The second-order valence-corrected chi connectivity index (χ2v) is 8.51. The van der Waals surface area contributed by atoms with Gasteiger partial charge in [-0.05, 0) is 63.4 Å². The summed E-state index contributed by atoms with van der Waals surface area (Å²) in [6.07, 6.45) is 4.81. The van der Waals surface area contributed by atoms with Gasteiger partial charge in [-0.3, -0.25) is 9.78 Å². The van der Waals surface area contributed by atoms with Crippen molar-refractivity contribution in [1.29, 1.82) is 0 Å². The predicted molar refractivity (Wildman–Crippen MR) is 124 cm³/mol. The Balaban J connectivity index is 1.51. The fraction of sp³-hybridized carbons (Fsp3) is 0.385. The SMILES string of the molecule is Cc1cc(C(=O)NCCCN2CCCC[C@@H]2C)c2cccc(-c3ccc(F)cc3)c2n1. The van der Waals surface area contributed by atoms with Gasteiger partial charge in [-0.15, -0.1) is 0 Å². The van der Waals surface area contributed by atoms with E-state index >= 15 is 0 Å². The van der Waals surface area contributed by atoms with Gasteiger partial charge >= 0.3 is 0 Å². The van der Waals surface area contributed by atoms with Gasteiger partial charge in [0.2, 0.25) is 0 Å². The first-order chi connectivity index (χ1) is 15.0. The molecule has 0 bridgehead atoms. The van der Waals surface area contributed by atoms with Crippen molar-refractivity contribution in [3.8, 4) is 11.1 Å². The Bertz CT molecular complexity index is 1060. The van der Waals surface area contributed by atoms with Crippen LogP contribution in [0.4, 0.5) is 4.39 Å². The molecule has 3 aromatic rings. The third-order valence-electron chi connectivity index (χ3n) is 6.22. The zero-order valence-electron chi connectivity index (χ0n) is 18.3. The minimum atomic E-state index is -0.271. The van der Waals surface area contributed by atoms with Crippen LogP contribution in [0.5, 0.6) is 0 Å². The Hall–Kier alpha value is -2.79. The van der Waals surface area contributed by atoms with Gasteiger partial charge < -0.3 is 10.2 Å². The second kappa shape index (κ2) is 9.56. The molecule has 0 spiro atoms. The molecular formula is C26H30FN3O. The Morgan fingerprint density at radius 3 is 2.77 bits per heavy atom. The molecule has 31 heavy (non-hydrogen) atoms. The van der Waals surface area contributed by atoms with Gasteiger partial charge in [-0.2, -0.15) is 0 Å². The van der Waals surface area contributed by atoms with Crippen LogP contribution in [-0.2, 0) is 0 Å². The molecule has 4 nitrogen and oxygen atoms in total. The van der Waals surface area contributed by atoms with E-state index in [4.69, 9.17) is 4.98 Å². The first-order valence-corrected chi connectivity index (χ1v) is 11.2. The lowest BCUT2D eigenvalue weighted by Crippen LogP contribution is -2.39. The number of nitrogens with zero attached hydrogens (tertiary/aromatic N) is 2. The molecule has 0 saturated carbocycles. The molecule has 1 aliphatic rings. The molecule has 2 aromatic carbocycles. The van der Waals surface area contributed by atoms with Crippen molar-refractivity contribution in [3.05, 3.63) is 65.6 Å². The number of para-hydroxylation sites is 1. The normalized spacial score (nSPS) is 17.1. The summed E-state index contributed by atoms with van der Waals surface area (Å²) in [6, 6.07) is 14.7. The fourth-order valence-corrected chi connectivity index (χ4v) is 4.50. The molecule has 0 radical (unpaired) electrons. The molecule has 1 saturated heterocycles. The van der Waals surface area contributed by atoms with Crippen molar-refractivity contribution in [1.82, 2.24) is 15.2 Å². The van der Waals surface area contributed by atoms with Crippen LogP contribution in [0.25, 0.3) is 22.0 Å². The molecule has 162 valence electrons. The molecule has 1 N–H and O–H groups in total. The second-order valence-electron chi connectivity index (χ2n) is 8.51. The van der Waals surface area contributed by atoms with Gasteiger partial charge in [-0.1, -0.05) is 36.8 Å². The van der Waals surface area contributed by atoms with Crippen LogP contribution in [0.15, 0.2) is 48.5 Å². The summed E-state index contributed by atoms with van der Waals surface area (Å²) >= 11 is 0. The maximum atomic E-state index is 13.4. The number of piperidine rings is 1. The Labute approximate surface area is 183 Å². The molecule has 1 fully saturated rings. The minimum absolute atomic E-state index is 0.0709. The van der Waals surface area contributed by atoms with E-state index in [0.29, 0.717) is 18.2 Å². The van der Waals surface area contributed by atoms with Crippen LogP contribution in [0.3, 0.4) is 0 Å². The van der Waals surface area contributed by atoms with E-state index in [1.54, 1.807) is 12.1 Å². The molecule has 1 atom stereocenters. The van der Waals surface area contributed by atoms with Gasteiger partial charge in [-0.25, -0.2) is 4.39 Å². The number of hydrogen-bond acceptors (Lipinski definition) is 3. The van der Waals surface area contributed by atoms with Gasteiger partial charge in [0.15, 0.2) is 0 Å². The zero-order chi connectivity index (χ0) is 21.8. The third-order valence-corrected chi connectivity index (χ3v) is 6.22. The van der Waals surface area contributed by atoms with E-state index < -0.39 is 0 Å². The van der Waals surface area contributed by atoms with E-state index in [1.807, 2.05) is 31.2 Å². The lowest BCUT2D eigenvalue weighted by atomic mass is 9.98. The minimum Gasteiger partial charge on any atom is -0.352 e. The van der Waals surface area contributed by atoms with Crippen molar-refractivity contribution < 1.29 is 9.18 Å². The fourth-order valence-electron chi connectivity index (χ4n) is 4.50. The average molecular weight is 420 g/mol. The van der Waals surface area contributed by atoms with Gasteiger partial charge in [0.1, 0.15) is 5.82 Å². The molecular weight excluding hydrogens is 389 g/mol. The highest BCUT2D eigenvalue weighted by molar-refractivity contribution is 6.09. The van der Waals surface area contributed by atoms with Gasteiger partial charge in [0.05, 0.1) is 11.1 Å². The summed E-state index contributed by atoms with van der Waals surface area (Å²) < 4.78 is 13.4. The number of hydrogen-bond donors (Lipinski definition) is 1. The molecule has 4 rings (SSSR count). The van der Waals surface area contributed by atoms with Gasteiger partial charge in [0.25, 0.3) is 5.91 Å². The molecule has 5 heteroatoms. The number of likely N-dealkylation sites (tertiary alicyclic amines) is 1. The molecule has 0 aliphatic carbocycles. The summed E-state index contributed by atoms with van der Waals surface area (Å²) in [6.45, 7) is 7.03. The number of carbonyl (C=O) groups is 1. The van der Waals surface area contributed by atoms with Crippen molar-refractivity contribution in [2.45, 2.75) is 45.6 Å². The first-order valence-electron chi connectivity index (χ1n) is 11.2. The standard InChI is InChI=1S/C26H30FN3O/c1-18-17-24(26(31)28-14-6-16-30-15-4-3-7-19(30)2)23-9-5-8-22(25(23)29-18)20-10-12-21(27)13-11-20/h5,8-13,17,19H,3-4,6-7,14-16H2,1-2H3,(H,28,31)/t19-/m0/s1. The Morgan fingerprint density at radius 2 is 2.00 bits per heavy atom. The molecule has 0 unspecified atom stereocenters. The number of rotatable bonds is 6. The summed E-state index contributed by atoms with van der Waals surface area (Å²) in [5.41, 5.74) is 3.97. The molecule has 2 heterocycles. The van der Waals surface area contributed by atoms with Crippen LogP contribution in [0, 0.1) is 12.7 Å². The number of benzene rings is 2. The van der Waals surface area contributed by atoms with E-state index in [0.717, 1.165) is 47.2 Å². The monoisotopic (exact) mass is 419 g/mol. The average Bonchev–Trinajstić information content (AvgIpc) is 2.77. The first kappa shape index (κ1) is 21.4. The number of pyridine rings is 1. The summed E-state index contributed by atoms with van der Waals surface area (Å²) in [5.74, 6) is -0.342. The molecule has 1 amide bonds. The smallest absolute Gasteiger partial charge is 0.252 e. The highest BCUT2D eigenvalue weighted by atomic mass is 19.1. The van der Waals surface area contributed by atoms with Crippen molar-refractivity contribution >= 4 is 16.8 Å². The number of carbonyl (C=O) groups excluding carboxylic acids is 1. The Kier molecular flexibility index (Phi) is 6.62. The zero-order valence-corrected chi connectivity index (χ0v) is 18.3. The highest BCUT2D eigenvalue weighted by Crippen LogP contribution is 2.30. The van der Waals surface area contributed by atoms with Crippen LogP contribution < -0.4 is 5.32 Å². The number of nitrogens with one attached hydrogen (secondary N) is 1. The highest BCUT2D eigenvalue weighted by Gasteiger charge is 2.18. The van der Waals surface area contributed by atoms with E-state index in [-0.39, 0.29) is 11.7 Å². The van der Waals surface area contributed by atoms with Crippen molar-refractivity contribution in [2.75, 3.05) is 19.6 Å². The lowest BCUT2D eigenvalue weighted by Gasteiger charge is -2.33. The van der Waals surface area contributed by atoms with Crippen LogP contribution >= 0.6 is 0 Å². The number of aryl methyl sites for hydroxylation is 1. The van der Waals surface area contributed by atoms with Crippen molar-refractivity contribution in [3.63, 3.8) is 0 Å². The molecule has 1 aliphatic heterocycles. The quantitative estimate of drug-likeness (QED) is 0.548. The topological polar surface area (TPSA) is 45.2 Å². The van der Waals surface area contributed by atoms with E-state index in [9.17, 15) is 9.18 Å². The Morgan fingerprint density at radius 1 is 1.19 bits per heavy atom. The van der Waals surface area contributed by atoms with Crippen LogP contribution in [-0.4, -0.2) is 41.5 Å². The van der Waals surface area contributed by atoms with Crippen molar-refractivity contribution in [2.24, 2.45) is 0 Å².